The van der Waals surface area contributed by atoms with Crippen LogP contribution in [0.15, 0.2) is 30.3 Å². The molecule has 0 heterocycles. The fourth-order valence-corrected chi connectivity index (χ4v) is 1.10. The van der Waals surface area contributed by atoms with Gasteiger partial charge in [-0.2, -0.15) is 0 Å². The number of rotatable bonds is 4. The molecule has 0 aliphatic heterocycles. The number of carboxylic acid groups (broad SMARTS) is 1. The standard InChI is InChI=1S/C12H12FNO3/c1-8(12(16)17)14-11(15)7-6-9-4-2-3-5-10(9)13/h2-8H,1H3,(H,14,15)(H,16,17)/b7-6+. The molecule has 0 aliphatic carbocycles. The molecule has 0 aliphatic rings. The minimum absolute atomic E-state index is 0.269. The van der Waals surface area contributed by atoms with Gasteiger partial charge >= 0.3 is 5.97 Å². The molecule has 1 atom stereocenters. The Hall–Kier alpha value is -2.17. The summed E-state index contributed by atoms with van der Waals surface area (Å²) >= 11 is 0. The average molecular weight is 237 g/mol. The van der Waals surface area contributed by atoms with Crippen LogP contribution in [0.3, 0.4) is 0 Å². The predicted molar refractivity (Wildman–Crippen MR) is 60.7 cm³/mol. The lowest BCUT2D eigenvalue weighted by Gasteiger charge is -2.05. The Morgan fingerprint density at radius 1 is 1.41 bits per heavy atom. The quantitative estimate of drug-likeness (QED) is 0.778. The summed E-state index contributed by atoms with van der Waals surface area (Å²) in [7, 11) is 0. The molecule has 5 heteroatoms. The van der Waals surface area contributed by atoms with E-state index in [1.807, 2.05) is 0 Å². The van der Waals surface area contributed by atoms with Gasteiger partial charge in [-0.25, -0.2) is 4.39 Å². The molecule has 0 fully saturated rings. The minimum Gasteiger partial charge on any atom is -0.480 e. The monoisotopic (exact) mass is 237 g/mol. The van der Waals surface area contributed by atoms with Crippen LogP contribution in [0.1, 0.15) is 12.5 Å². The van der Waals surface area contributed by atoms with Crippen molar-refractivity contribution in [1.29, 1.82) is 0 Å². The Balaban J connectivity index is 2.63. The SMILES string of the molecule is CC(NC(=O)/C=C/c1ccccc1F)C(=O)O. The maximum atomic E-state index is 13.2. The average Bonchev–Trinajstić information content (AvgIpc) is 2.27. The van der Waals surface area contributed by atoms with Crippen LogP contribution in [0.2, 0.25) is 0 Å². The zero-order valence-corrected chi connectivity index (χ0v) is 9.18. The number of carbonyl (C=O) groups excluding carboxylic acids is 1. The summed E-state index contributed by atoms with van der Waals surface area (Å²) in [6.45, 7) is 1.34. The van der Waals surface area contributed by atoms with E-state index in [1.165, 1.54) is 25.1 Å². The zero-order valence-electron chi connectivity index (χ0n) is 9.18. The number of hydrogen-bond acceptors (Lipinski definition) is 2. The van der Waals surface area contributed by atoms with Gasteiger partial charge in [-0.3, -0.25) is 9.59 Å². The van der Waals surface area contributed by atoms with Gasteiger partial charge in [0.05, 0.1) is 0 Å². The van der Waals surface area contributed by atoms with Gasteiger partial charge in [0.2, 0.25) is 5.91 Å². The molecule has 1 aromatic carbocycles. The van der Waals surface area contributed by atoms with Crippen LogP contribution in [0, 0.1) is 5.82 Å². The third-order valence-corrected chi connectivity index (χ3v) is 2.05. The van der Waals surface area contributed by atoms with E-state index in [0.29, 0.717) is 0 Å². The molecule has 0 radical (unpaired) electrons. The first kappa shape index (κ1) is 12.9. The Morgan fingerprint density at radius 3 is 2.65 bits per heavy atom. The molecule has 1 aromatic rings. The van der Waals surface area contributed by atoms with E-state index in [4.69, 9.17) is 5.11 Å². The van der Waals surface area contributed by atoms with Crippen LogP contribution in [0.4, 0.5) is 4.39 Å². The van der Waals surface area contributed by atoms with Crippen LogP contribution >= 0.6 is 0 Å². The van der Waals surface area contributed by atoms with Crippen molar-refractivity contribution in [3.8, 4) is 0 Å². The van der Waals surface area contributed by atoms with Crippen LogP contribution < -0.4 is 5.32 Å². The number of carbonyl (C=O) groups is 2. The zero-order chi connectivity index (χ0) is 12.8. The van der Waals surface area contributed by atoms with Gasteiger partial charge in [0.1, 0.15) is 11.9 Å². The predicted octanol–water partition coefficient (Wildman–Crippen LogP) is 1.43. The summed E-state index contributed by atoms with van der Waals surface area (Å²) in [5.74, 6) is -2.15. The Labute approximate surface area is 97.8 Å². The van der Waals surface area contributed by atoms with Crippen molar-refractivity contribution in [3.63, 3.8) is 0 Å². The molecular weight excluding hydrogens is 225 g/mol. The van der Waals surface area contributed by atoms with E-state index in [1.54, 1.807) is 12.1 Å². The lowest BCUT2D eigenvalue weighted by atomic mass is 10.2. The van der Waals surface area contributed by atoms with Crippen LogP contribution in [-0.2, 0) is 9.59 Å². The van der Waals surface area contributed by atoms with Gasteiger partial charge in [-0.1, -0.05) is 18.2 Å². The number of hydrogen-bond donors (Lipinski definition) is 2. The summed E-state index contributed by atoms with van der Waals surface area (Å²) in [4.78, 5) is 21.7. The summed E-state index contributed by atoms with van der Waals surface area (Å²) in [6.07, 6.45) is 2.39. The molecule has 90 valence electrons. The first-order valence-corrected chi connectivity index (χ1v) is 4.96. The van der Waals surface area contributed by atoms with E-state index in [2.05, 4.69) is 5.32 Å². The summed E-state index contributed by atoms with van der Waals surface area (Å²) < 4.78 is 13.2. The molecule has 0 spiro atoms. The highest BCUT2D eigenvalue weighted by atomic mass is 19.1. The first-order valence-electron chi connectivity index (χ1n) is 4.96. The third kappa shape index (κ3) is 4.06. The molecule has 1 rings (SSSR count). The van der Waals surface area contributed by atoms with Crippen molar-refractivity contribution in [1.82, 2.24) is 5.32 Å². The van der Waals surface area contributed by atoms with Crippen molar-refractivity contribution in [3.05, 3.63) is 41.7 Å². The smallest absolute Gasteiger partial charge is 0.325 e. The molecule has 0 bridgehead atoms. The lowest BCUT2D eigenvalue weighted by Crippen LogP contribution is -2.37. The maximum absolute atomic E-state index is 13.2. The highest BCUT2D eigenvalue weighted by Gasteiger charge is 2.11. The van der Waals surface area contributed by atoms with Crippen molar-refractivity contribution >= 4 is 18.0 Å². The largest absolute Gasteiger partial charge is 0.480 e. The lowest BCUT2D eigenvalue weighted by molar-refractivity contribution is -0.140. The fourth-order valence-electron chi connectivity index (χ4n) is 1.10. The molecule has 4 nitrogen and oxygen atoms in total. The van der Waals surface area contributed by atoms with E-state index in [9.17, 15) is 14.0 Å². The van der Waals surface area contributed by atoms with Gasteiger partial charge in [0.15, 0.2) is 0 Å². The van der Waals surface area contributed by atoms with Crippen molar-refractivity contribution in [2.24, 2.45) is 0 Å². The van der Waals surface area contributed by atoms with E-state index < -0.39 is 23.7 Å². The van der Waals surface area contributed by atoms with Crippen molar-refractivity contribution < 1.29 is 19.1 Å². The van der Waals surface area contributed by atoms with Crippen LogP contribution in [-0.4, -0.2) is 23.0 Å². The molecule has 0 saturated heterocycles. The third-order valence-electron chi connectivity index (χ3n) is 2.05. The second-order valence-corrected chi connectivity index (χ2v) is 3.42. The summed E-state index contributed by atoms with van der Waals surface area (Å²) in [5.41, 5.74) is 0.269. The summed E-state index contributed by atoms with van der Waals surface area (Å²) in [5, 5.41) is 10.8. The van der Waals surface area contributed by atoms with Gasteiger partial charge in [0, 0.05) is 11.6 Å². The van der Waals surface area contributed by atoms with Crippen LogP contribution in [0.25, 0.3) is 6.08 Å². The van der Waals surface area contributed by atoms with Gasteiger partial charge in [-0.05, 0) is 19.1 Å². The fraction of sp³-hybridized carbons (Fsp3) is 0.167. The highest BCUT2D eigenvalue weighted by Crippen LogP contribution is 2.07. The van der Waals surface area contributed by atoms with Gasteiger partial charge < -0.3 is 10.4 Å². The maximum Gasteiger partial charge on any atom is 0.325 e. The van der Waals surface area contributed by atoms with Crippen LogP contribution in [0.5, 0.6) is 0 Å². The molecule has 0 saturated carbocycles. The Kier molecular flexibility index (Phi) is 4.39. The number of aliphatic carboxylic acids is 1. The number of benzene rings is 1. The highest BCUT2D eigenvalue weighted by molar-refractivity contribution is 5.94. The molecule has 17 heavy (non-hydrogen) atoms. The van der Waals surface area contributed by atoms with Gasteiger partial charge in [0.25, 0.3) is 0 Å². The normalized spacial score (nSPS) is 12.4. The molecule has 0 aromatic heterocycles. The van der Waals surface area contributed by atoms with Crippen molar-refractivity contribution in [2.45, 2.75) is 13.0 Å². The van der Waals surface area contributed by atoms with E-state index >= 15 is 0 Å². The molecule has 1 unspecified atom stereocenters. The molecular formula is C12H12FNO3. The van der Waals surface area contributed by atoms with E-state index in [-0.39, 0.29) is 5.56 Å². The minimum atomic E-state index is -1.13. The first-order chi connectivity index (χ1) is 8.00. The number of amides is 1. The Bertz CT molecular complexity index is 457. The number of carboxylic acids is 1. The van der Waals surface area contributed by atoms with Gasteiger partial charge in [-0.15, -0.1) is 0 Å². The molecule has 2 N–H and O–H groups in total. The Morgan fingerprint density at radius 2 is 2.06 bits per heavy atom. The van der Waals surface area contributed by atoms with E-state index in [0.717, 1.165) is 6.08 Å². The molecule has 1 amide bonds. The topological polar surface area (TPSA) is 66.4 Å². The van der Waals surface area contributed by atoms with Crippen molar-refractivity contribution in [2.75, 3.05) is 0 Å². The second-order valence-electron chi connectivity index (χ2n) is 3.42. The summed E-state index contributed by atoms with van der Waals surface area (Å²) in [6, 6.07) is 4.99. The second kappa shape index (κ2) is 5.79. The number of halogens is 1. The number of nitrogens with one attached hydrogen (secondary N) is 1.